The summed E-state index contributed by atoms with van der Waals surface area (Å²) in [6.45, 7) is 5.81. The summed E-state index contributed by atoms with van der Waals surface area (Å²) >= 11 is 0. The van der Waals surface area contributed by atoms with Crippen molar-refractivity contribution in [2.45, 2.75) is 27.2 Å². The van der Waals surface area contributed by atoms with Crippen LogP contribution in [0.5, 0.6) is 11.5 Å². The molecule has 0 amide bonds. The normalized spacial score (nSPS) is 13.0. The Kier molecular flexibility index (Phi) is 5.41. The van der Waals surface area contributed by atoms with Gasteiger partial charge in [-0.1, -0.05) is 31.2 Å². The minimum absolute atomic E-state index is 0.00615. The number of aromatic hydroxyl groups is 1. The first kappa shape index (κ1) is 16.6. The molecule has 0 bridgehead atoms. The molecule has 4 nitrogen and oxygen atoms in total. The van der Waals surface area contributed by atoms with Crippen LogP contribution in [0.15, 0.2) is 69.1 Å². The number of hydrogen-bond donors (Lipinski definition) is 1. The van der Waals surface area contributed by atoms with E-state index in [9.17, 15) is 9.90 Å². The molecule has 1 aromatic carbocycles. The Morgan fingerprint density at radius 3 is 2.78 bits per heavy atom. The van der Waals surface area contributed by atoms with E-state index >= 15 is 0 Å². The van der Waals surface area contributed by atoms with Gasteiger partial charge >= 0.3 is 5.63 Å². The third-order valence-electron chi connectivity index (χ3n) is 3.35. The Labute approximate surface area is 135 Å². The van der Waals surface area contributed by atoms with E-state index < -0.39 is 5.63 Å². The standard InChI is InChI=1S/C19H20O4/c1-4-5-6-7-8-13(2)14(3)22-18-12-17-15(11-16(18)20)9-10-19(21)23-17/h5-12,20H,4H2,1-3H3/b6-5+,8-7+,14-13+. The van der Waals surface area contributed by atoms with Gasteiger partial charge in [0.05, 0.1) is 0 Å². The van der Waals surface area contributed by atoms with Crippen molar-refractivity contribution in [3.8, 4) is 11.5 Å². The van der Waals surface area contributed by atoms with E-state index in [1.165, 1.54) is 18.2 Å². The zero-order valence-electron chi connectivity index (χ0n) is 13.5. The summed E-state index contributed by atoms with van der Waals surface area (Å²) in [6, 6.07) is 5.94. The number of phenolic OH excluding ortho intramolecular Hbond substituents is 1. The lowest BCUT2D eigenvalue weighted by atomic mass is 10.2. The average molecular weight is 312 g/mol. The smallest absolute Gasteiger partial charge is 0.336 e. The molecule has 23 heavy (non-hydrogen) atoms. The maximum Gasteiger partial charge on any atom is 0.336 e. The summed E-state index contributed by atoms with van der Waals surface area (Å²) in [5.74, 6) is 0.897. The van der Waals surface area contributed by atoms with Crippen molar-refractivity contribution < 1.29 is 14.3 Å². The molecule has 0 saturated carbocycles. The Bertz CT molecular complexity index is 838. The molecule has 2 aromatic rings. The molecule has 1 N–H and O–H groups in total. The van der Waals surface area contributed by atoms with E-state index in [-0.39, 0.29) is 11.5 Å². The first-order valence-electron chi connectivity index (χ1n) is 7.46. The van der Waals surface area contributed by atoms with E-state index in [1.54, 1.807) is 6.07 Å². The SMILES string of the molecule is CC/C=C/C=C/C(C)=C(\C)Oc1cc2oc(=O)ccc2cc1O. The number of rotatable bonds is 5. The van der Waals surface area contributed by atoms with Crippen LogP contribution in [-0.4, -0.2) is 5.11 Å². The molecule has 120 valence electrons. The summed E-state index contributed by atoms with van der Waals surface area (Å²) in [7, 11) is 0. The quantitative estimate of drug-likeness (QED) is 0.494. The van der Waals surface area contributed by atoms with Gasteiger partial charge in [-0.2, -0.15) is 0 Å². The molecule has 0 atom stereocenters. The molecule has 0 aliphatic heterocycles. The van der Waals surface area contributed by atoms with Gasteiger partial charge in [-0.3, -0.25) is 0 Å². The Hall–Kier alpha value is -2.75. The minimum Gasteiger partial charge on any atom is -0.504 e. The highest BCUT2D eigenvalue weighted by molar-refractivity contribution is 5.80. The lowest BCUT2D eigenvalue weighted by Gasteiger charge is -2.10. The van der Waals surface area contributed by atoms with Crippen LogP contribution in [0.25, 0.3) is 11.0 Å². The van der Waals surface area contributed by atoms with Crippen molar-refractivity contribution in [3.05, 3.63) is 70.3 Å². The molecule has 0 spiro atoms. The van der Waals surface area contributed by atoms with Gasteiger partial charge in [-0.15, -0.1) is 0 Å². The predicted octanol–water partition coefficient (Wildman–Crippen LogP) is 4.69. The van der Waals surface area contributed by atoms with Gasteiger partial charge in [-0.25, -0.2) is 4.79 Å². The fraction of sp³-hybridized carbons (Fsp3) is 0.211. The fourth-order valence-electron chi connectivity index (χ4n) is 1.94. The second-order valence-electron chi connectivity index (χ2n) is 5.15. The summed E-state index contributed by atoms with van der Waals surface area (Å²) in [4.78, 5) is 11.3. The van der Waals surface area contributed by atoms with E-state index in [4.69, 9.17) is 9.15 Å². The summed E-state index contributed by atoms with van der Waals surface area (Å²) in [5, 5.41) is 10.7. The summed E-state index contributed by atoms with van der Waals surface area (Å²) in [5.41, 5.74) is 0.861. The molecular formula is C19H20O4. The minimum atomic E-state index is -0.441. The molecule has 2 rings (SSSR count). The zero-order valence-corrected chi connectivity index (χ0v) is 13.5. The summed E-state index contributed by atoms with van der Waals surface area (Å²) in [6.07, 6.45) is 8.87. The van der Waals surface area contributed by atoms with Crippen molar-refractivity contribution in [1.29, 1.82) is 0 Å². The highest BCUT2D eigenvalue weighted by atomic mass is 16.5. The van der Waals surface area contributed by atoms with Gasteiger partial charge < -0.3 is 14.3 Å². The van der Waals surface area contributed by atoms with Gasteiger partial charge in [0.15, 0.2) is 11.5 Å². The van der Waals surface area contributed by atoms with Gasteiger partial charge in [0.25, 0.3) is 0 Å². The number of ether oxygens (including phenoxy) is 1. The predicted molar refractivity (Wildman–Crippen MR) is 91.7 cm³/mol. The highest BCUT2D eigenvalue weighted by Gasteiger charge is 2.09. The van der Waals surface area contributed by atoms with Crippen molar-refractivity contribution in [2.24, 2.45) is 0 Å². The van der Waals surface area contributed by atoms with Gasteiger partial charge in [0.2, 0.25) is 0 Å². The van der Waals surface area contributed by atoms with E-state index in [0.717, 1.165) is 12.0 Å². The molecule has 1 aromatic heterocycles. The van der Waals surface area contributed by atoms with Crippen LogP contribution in [0, 0.1) is 0 Å². The monoisotopic (exact) mass is 312 g/mol. The van der Waals surface area contributed by atoms with Crippen molar-refractivity contribution in [1.82, 2.24) is 0 Å². The average Bonchev–Trinajstić information content (AvgIpc) is 2.52. The molecule has 0 unspecified atom stereocenters. The van der Waals surface area contributed by atoms with Crippen molar-refractivity contribution in [3.63, 3.8) is 0 Å². The Morgan fingerprint density at radius 2 is 2.04 bits per heavy atom. The third kappa shape index (κ3) is 4.36. The molecule has 0 aliphatic rings. The maximum absolute atomic E-state index is 11.3. The fourth-order valence-corrected chi connectivity index (χ4v) is 1.94. The van der Waals surface area contributed by atoms with Crippen LogP contribution in [0.4, 0.5) is 0 Å². The van der Waals surface area contributed by atoms with E-state index in [0.29, 0.717) is 16.7 Å². The van der Waals surface area contributed by atoms with E-state index in [2.05, 4.69) is 13.0 Å². The molecular weight excluding hydrogens is 292 g/mol. The Morgan fingerprint density at radius 1 is 1.26 bits per heavy atom. The topological polar surface area (TPSA) is 59.7 Å². The van der Waals surface area contributed by atoms with Crippen LogP contribution in [0.2, 0.25) is 0 Å². The maximum atomic E-state index is 11.3. The van der Waals surface area contributed by atoms with Gasteiger partial charge in [-0.05, 0) is 38.0 Å². The van der Waals surface area contributed by atoms with Crippen molar-refractivity contribution >= 4 is 11.0 Å². The van der Waals surface area contributed by atoms with Crippen LogP contribution in [0.3, 0.4) is 0 Å². The van der Waals surface area contributed by atoms with Crippen molar-refractivity contribution in [2.75, 3.05) is 0 Å². The largest absolute Gasteiger partial charge is 0.504 e. The molecule has 4 heteroatoms. The van der Waals surface area contributed by atoms with Crippen LogP contribution >= 0.6 is 0 Å². The van der Waals surface area contributed by atoms with E-state index in [1.807, 2.05) is 32.1 Å². The molecule has 0 fully saturated rings. The summed E-state index contributed by atoms with van der Waals surface area (Å²) < 4.78 is 10.8. The highest BCUT2D eigenvalue weighted by Crippen LogP contribution is 2.32. The first-order valence-corrected chi connectivity index (χ1v) is 7.46. The molecule has 0 radical (unpaired) electrons. The molecule has 0 aliphatic carbocycles. The third-order valence-corrected chi connectivity index (χ3v) is 3.35. The Balaban J connectivity index is 2.29. The number of hydrogen-bond acceptors (Lipinski definition) is 4. The van der Waals surface area contributed by atoms with Crippen LogP contribution in [-0.2, 0) is 0 Å². The number of phenols is 1. The second kappa shape index (κ2) is 7.49. The molecule has 1 heterocycles. The van der Waals surface area contributed by atoms with Crippen LogP contribution < -0.4 is 10.4 Å². The number of benzene rings is 1. The molecule has 0 saturated heterocycles. The van der Waals surface area contributed by atoms with Gasteiger partial charge in [0, 0.05) is 17.5 Å². The van der Waals surface area contributed by atoms with Crippen LogP contribution in [0.1, 0.15) is 27.2 Å². The number of fused-ring (bicyclic) bond motifs is 1. The second-order valence-corrected chi connectivity index (χ2v) is 5.15. The van der Waals surface area contributed by atoms with Gasteiger partial charge in [0.1, 0.15) is 11.3 Å². The first-order chi connectivity index (χ1) is 11.0. The zero-order chi connectivity index (χ0) is 16.8. The lowest BCUT2D eigenvalue weighted by molar-refractivity contribution is 0.379. The lowest BCUT2D eigenvalue weighted by Crippen LogP contribution is -1.97. The number of allylic oxidation sites excluding steroid dienone is 6.